The smallest absolute Gasteiger partial charge is 0.374 e. The van der Waals surface area contributed by atoms with Gasteiger partial charge in [0.2, 0.25) is 11.8 Å². The molecule has 0 radical (unpaired) electrons. The van der Waals surface area contributed by atoms with E-state index in [1.54, 1.807) is 0 Å². The third-order valence-corrected chi connectivity index (χ3v) is 9.44. The van der Waals surface area contributed by atoms with Crippen LogP contribution in [0.2, 0.25) is 0 Å². The standard InChI is InChI=1S/C28H38N6O2/c1-3-18-10-12-19(13-11-18)16-33-23-24(29-17(2)20-6-4-7-20)30-26(27(35)36)31-25(23)32-28(33)34-21-8-5-9-22(34)15-14-21/h1,17-22H,4-16H2,2H3,(H,35,36)(H,29,30,31)/t17-,18?,19?,21?,22?/m1/s1. The molecule has 4 fully saturated rings. The second kappa shape index (κ2) is 9.57. The van der Waals surface area contributed by atoms with Crippen LogP contribution in [0, 0.1) is 30.1 Å². The summed E-state index contributed by atoms with van der Waals surface area (Å²) in [6.45, 7) is 3.03. The first-order valence-corrected chi connectivity index (χ1v) is 14.0. The maximum absolute atomic E-state index is 12.0. The number of carboxylic acid groups (broad SMARTS) is 1. The van der Waals surface area contributed by atoms with Gasteiger partial charge in [0.1, 0.15) is 5.52 Å². The van der Waals surface area contributed by atoms with Crippen molar-refractivity contribution in [3.8, 4) is 12.3 Å². The third-order valence-electron chi connectivity index (χ3n) is 9.44. The van der Waals surface area contributed by atoms with Crippen LogP contribution >= 0.6 is 0 Å². The van der Waals surface area contributed by atoms with Crippen LogP contribution in [0.25, 0.3) is 11.2 Å². The molecule has 2 aliphatic carbocycles. The lowest BCUT2D eigenvalue weighted by molar-refractivity contribution is 0.0684. The molecule has 8 heteroatoms. The number of nitrogens with zero attached hydrogens (tertiary/aromatic N) is 5. The molecular weight excluding hydrogens is 452 g/mol. The Kier molecular flexibility index (Phi) is 6.27. The third kappa shape index (κ3) is 4.21. The highest BCUT2D eigenvalue weighted by molar-refractivity contribution is 5.91. The van der Waals surface area contributed by atoms with Gasteiger partial charge >= 0.3 is 5.97 Å². The van der Waals surface area contributed by atoms with Crippen LogP contribution in [0.15, 0.2) is 0 Å². The SMILES string of the molecule is C#CC1CCC(Cn2c(N3C4CCCC3CC4)nc3nc(C(=O)O)nc(N[C@H](C)C4CCC4)c32)CC1. The summed E-state index contributed by atoms with van der Waals surface area (Å²) in [5, 5.41) is 13.4. The van der Waals surface area contributed by atoms with Gasteiger partial charge in [-0.2, -0.15) is 4.98 Å². The maximum Gasteiger partial charge on any atom is 0.374 e. The van der Waals surface area contributed by atoms with E-state index < -0.39 is 5.97 Å². The Morgan fingerprint density at radius 3 is 2.33 bits per heavy atom. The van der Waals surface area contributed by atoms with Crippen molar-refractivity contribution in [2.75, 3.05) is 10.2 Å². The van der Waals surface area contributed by atoms with E-state index in [1.165, 1.54) is 51.4 Å². The van der Waals surface area contributed by atoms with Crippen molar-refractivity contribution in [3.05, 3.63) is 5.82 Å². The van der Waals surface area contributed by atoms with E-state index in [2.05, 4.69) is 37.6 Å². The van der Waals surface area contributed by atoms with Crippen molar-refractivity contribution < 1.29 is 9.90 Å². The zero-order valence-corrected chi connectivity index (χ0v) is 21.3. The monoisotopic (exact) mass is 490 g/mol. The molecule has 4 aliphatic rings. The number of rotatable bonds is 7. The largest absolute Gasteiger partial charge is 0.475 e. The first-order chi connectivity index (χ1) is 17.5. The van der Waals surface area contributed by atoms with Crippen molar-refractivity contribution in [1.29, 1.82) is 0 Å². The zero-order chi connectivity index (χ0) is 24.8. The van der Waals surface area contributed by atoms with Gasteiger partial charge in [0.05, 0.1) is 0 Å². The minimum Gasteiger partial charge on any atom is -0.475 e. The number of hydrogen-bond donors (Lipinski definition) is 2. The fourth-order valence-corrected chi connectivity index (χ4v) is 7.08. The van der Waals surface area contributed by atoms with Gasteiger partial charge in [0.15, 0.2) is 11.5 Å². The molecule has 2 aliphatic heterocycles. The van der Waals surface area contributed by atoms with Crippen LogP contribution in [-0.4, -0.2) is 48.7 Å². The van der Waals surface area contributed by atoms with Gasteiger partial charge in [-0.05, 0) is 89.4 Å². The number of anilines is 2. The average Bonchev–Trinajstić information content (AvgIpc) is 3.30. The molecule has 6 rings (SSSR count). The highest BCUT2D eigenvalue weighted by atomic mass is 16.4. The molecular formula is C28H38N6O2. The van der Waals surface area contributed by atoms with Gasteiger partial charge in [-0.25, -0.2) is 14.8 Å². The Labute approximate surface area is 213 Å². The van der Waals surface area contributed by atoms with E-state index in [1.807, 2.05) is 0 Å². The van der Waals surface area contributed by atoms with Crippen LogP contribution in [-0.2, 0) is 6.54 Å². The number of aromatic nitrogens is 4. The van der Waals surface area contributed by atoms with Crippen LogP contribution < -0.4 is 10.2 Å². The van der Waals surface area contributed by atoms with Gasteiger partial charge in [0.25, 0.3) is 0 Å². The van der Waals surface area contributed by atoms with Crippen molar-refractivity contribution >= 4 is 28.9 Å². The molecule has 2 unspecified atom stereocenters. The lowest BCUT2D eigenvalue weighted by Crippen LogP contribution is -2.41. The minimum absolute atomic E-state index is 0.182. The molecule has 2 aromatic rings. The summed E-state index contributed by atoms with van der Waals surface area (Å²) in [4.78, 5) is 28.6. The summed E-state index contributed by atoms with van der Waals surface area (Å²) in [5.74, 6) is 4.74. The molecule has 0 spiro atoms. The van der Waals surface area contributed by atoms with Crippen LogP contribution in [0.3, 0.4) is 0 Å². The molecule has 36 heavy (non-hydrogen) atoms. The van der Waals surface area contributed by atoms with Crippen molar-refractivity contribution in [2.45, 2.75) is 109 Å². The topological polar surface area (TPSA) is 96.2 Å². The van der Waals surface area contributed by atoms with E-state index in [4.69, 9.17) is 11.4 Å². The van der Waals surface area contributed by atoms with Crippen LogP contribution in [0.4, 0.5) is 11.8 Å². The number of imidazole rings is 1. The highest BCUT2D eigenvalue weighted by Gasteiger charge is 2.40. The minimum atomic E-state index is -1.11. The normalized spacial score (nSPS) is 29.1. The Bertz CT molecular complexity index is 1160. The summed E-state index contributed by atoms with van der Waals surface area (Å²) < 4.78 is 2.34. The lowest BCUT2D eigenvalue weighted by Gasteiger charge is -2.37. The molecule has 8 nitrogen and oxygen atoms in total. The molecule has 192 valence electrons. The van der Waals surface area contributed by atoms with Gasteiger partial charge in [-0.1, -0.05) is 6.42 Å². The number of carboxylic acids is 1. The van der Waals surface area contributed by atoms with Crippen molar-refractivity contribution in [3.63, 3.8) is 0 Å². The molecule has 4 heterocycles. The van der Waals surface area contributed by atoms with E-state index in [0.29, 0.717) is 41.3 Å². The fourth-order valence-electron chi connectivity index (χ4n) is 7.08. The Morgan fingerprint density at radius 1 is 1.03 bits per heavy atom. The molecule has 3 atom stereocenters. The summed E-state index contributed by atoms with van der Waals surface area (Å²) in [7, 11) is 0. The second-order valence-electron chi connectivity index (χ2n) is 11.6. The fraction of sp³-hybridized carbons (Fsp3) is 0.714. The summed E-state index contributed by atoms with van der Waals surface area (Å²) >= 11 is 0. The summed E-state index contributed by atoms with van der Waals surface area (Å²) in [6.07, 6.45) is 19.8. The molecule has 2 saturated carbocycles. The van der Waals surface area contributed by atoms with Gasteiger partial charge in [-0.3, -0.25) is 0 Å². The van der Waals surface area contributed by atoms with Gasteiger partial charge in [0, 0.05) is 30.6 Å². The number of carbonyl (C=O) groups is 1. The summed E-state index contributed by atoms with van der Waals surface area (Å²) in [5.41, 5.74) is 1.37. The van der Waals surface area contributed by atoms with E-state index >= 15 is 0 Å². The molecule has 0 amide bonds. The number of hydrogen-bond acceptors (Lipinski definition) is 6. The maximum atomic E-state index is 12.0. The molecule has 2 saturated heterocycles. The number of piperidine rings is 1. The Balaban J connectivity index is 1.44. The first-order valence-electron chi connectivity index (χ1n) is 14.0. The van der Waals surface area contributed by atoms with Gasteiger partial charge in [-0.15, -0.1) is 12.3 Å². The quantitative estimate of drug-likeness (QED) is 0.522. The lowest BCUT2D eigenvalue weighted by atomic mass is 9.80. The van der Waals surface area contributed by atoms with Gasteiger partial charge < -0.3 is 19.9 Å². The van der Waals surface area contributed by atoms with Crippen LogP contribution in [0.5, 0.6) is 0 Å². The Hall–Kier alpha value is -2.82. The number of nitrogens with one attached hydrogen (secondary N) is 1. The Morgan fingerprint density at radius 2 is 1.72 bits per heavy atom. The predicted octanol–water partition coefficient (Wildman–Crippen LogP) is 5.09. The van der Waals surface area contributed by atoms with E-state index in [9.17, 15) is 9.90 Å². The number of terminal acetylenes is 1. The molecule has 2 aromatic heterocycles. The average molecular weight is 491 g/mol. The highest BCUT2D eigenvalue weighted by Crippen LogP contribution is 2.42. The van der Waals surface area contributed by atoms with E-state index in [0.717, 1.165) is 43.7 Å². The van der Waals surface area contributed by atoms with Crippen molar-refractivity contribution in [1.82, 2.24) is 19.5 Å². The molecule has 0 aromatic carbocycles. The predicted molar refractivity (Wildman–Crippen MR) is 140 cm³/mol. The number of fused-ring (bicyclic) bond motifs is 3. The first kappa shape index (κ1) is 23.6. The van der Waals surface area contributed by atoms with E-state index in [-0.39, 0.29) is 11.9 Å². The number of aromatic carboxylic acids is 1. The molecule has 2 N–H and O–H groups in total. The van der Waals surface area contributed by atoms with Crippen LogP contribution in [0.1, 0.15) is 94.6 Å². The summed E-state index contributed by atoms with van der Waals surface area (Å²) in [6, 6.07) is 1.24. The second-order valence-corrected chi connectivity index (χ2v) is 11.6. The molecule has 2 bridgehead atoms. The zero-order valence-electron chi connectivity index (χ0n) is 21.3. The van der Waals surface area contributed by atoms with Crippen molar-refractivity contribution in [2.24, 2.45) is 17.8 Å².